The number of thiazole rings is 1. The summed E-state index contributed by atoms with van der Waals surface area (Å²) in [5, 5.41) is 3.49. The Morgan fingerprint density at radius 1 is 1.05 bits per heavy atom. The fourth-order valence-corrected chi connectivity index (χ4v) is 7.44. The van der Waals surface area contributed by atoms with E-state index >= 15 is 0 Å². The van der Waals surface area contributed by atoms with Crippen molar-refractivity contribution in [2.45, 2.75) is 42.9 Å². The normalized spacial score (nSPS) is 17.8. The summed E-state index contributed by atoms with van der Waals surface area (Å²) >= 11 is 1.31. The molecule has 1 saturated carbocycles. The number of ether oxygens (including phenoxy) is 1. The fourth-order valence-electron chi connectivity index (χ4n) is 5.18. The highest BCUT2D eigenvalue weighted by Gasteiger charge is 2.30. The highest BCUT2D eigenvalue weighted by atomic mass is 35.5. The van der Waals surface area contributed by atoms with Gasteiger partial charge in [0.1, 0.15) is 10.3 Å². The number of likely N-dealkylation sites (N-methyl/N-ethyl adjacent to an activating group) is 1. The molecule has 39 heavy (non-hydrogen) atoms. The predicted octanol–water partition coefficient (Wildman–Crippen LogP) is 4.78. The number of fused-ring (bicyclic) bond motifs is 1. The first-order valence-electron chi connectivity index (χ1n) is 12.7. The molecule has 1 amide bonds. The molecule has 9 nitrogen and oxygen atoms in total. The van der Waals surface area contributed by atoms with Crippen LogP contribution in [0, 0.1) is 5.92 Å². The summed E-state index contributed by atoms with van der Waals surface area (Å²) in [5.41, 5.74) is 1.52. The number of methoxy groups -OCH3 is 1. The van der Waals surface area contributed by atoms with Crippen LogP contribution in [0.15, 0.2) is 41.3 Å². The van der Waals surface area contributed by atoms with Crippen molar-refractivity contribution in [1.82, 2.24) is 19.2 Å². The lowest BCUT2D eigenvalue weighted by molar-refractivity contribution is -0.118. The van der Waals surface area contributed by atoms with Crippen molar-refractivity contribution in [2.75, 3.05) is 45.7 Å². The van der Waals surface area contributed by atoms with Crippen LogP contribution in [0.3, 0.4) is 0 Å². The third-order valence-electron chi connectivity index (χ3n) is 7.41. The Bertz CT molecular complexity index is 1360. The zero-order valence-electron chi connectivity index (χ0n) is 22.0. The highest BCUT2D eigenvalue weighted by molar-refractivity contribution is 7.89. The monoisotopic (exact) mass is 615 g/mol. The lowest BCUT2D eigenvalue weighted by Crippen LogP contribution is -2.47. The van der Waals surface area contributed by atoms with E-state index in [1.54, 1.807) is 41.7 Å². The minimum atomic E-state index is -3.56. The fraction of sp³-hybridized carbons (Fsp3) is 0.500. The molecule has 5 rings (SSSR count). The van der Waals surface area contributed by atoms with Gasteiger partial charge in [-0.15, -0.1) is 24.8 Å². The van der Waals surface area contributed by atoms with Crippen LogP contribution in [-0.4, -0.2) is 73.8 Å². The molecule has 1 aliphatic heterocycles. The lowest BCUT2D eigenvalue weighted by atomic mass is 9.87. The van der Waals surface area contributed by atoms with Gasteiger partial charge in [0.25, 0.3) is 0 Å². The SMILES string of the molecule is COc1ccc2nc(NC(=O)C(CC3CCCC3)c3ccc(S(=O)(=O)N4CCN(C)CC4)cc3)sc2n1.Cl.Cl. The van der Waals surface area contributed by atoms with E-state index in [9.17, 15) is 13.2 Å². The first-order chi connectivity index (χ1) is 17.8. The Balaban J connectivity index is 0.00000210. The van der Waals surface area contributed by atoms with E-state index in [2.05, 4.69) is 20.2 Å². The topological polar surface area (TPSA) is 105 Å². The van der Waals surface area contributed by atoms with Crippen LogP contribution in [0.5, 0.6) is 5.88 Å². The van der Waals surface area contributed by atoms with E-state index in [1.165, 1.54) is 24.2 Å². The molecule has 2 aromatic heterocycles. The number of amides is 1. The number of piperazine rings is 1. The number of anilines is 1. The van der Waals surface area contributed by atoms with Crippen LogP contribution >= 0.6 is 36.2 Å². The van der Waals surface area contributed by atoms with Gasteiger partial charge in [0.2, 0.25) is 21.8 Å². The zero-order valence-corrected chi connectivity index (χ0v) is 25.3. The van der Waals surface area contributed by atoms with Crippen molar-refractivity contribution < 1.29 is 17.9 Å². The number of sulfonamides is 1. The van der Waals surface area contributed by atoms with Crippen LogP contribution in [0.25, 0.3) is 10.3 Å². The average Bonchev–Trinajstić information content (AvgIpc) is 3.56. The van der Waals surface area contributed by atoms with Gasteiger partial charge in [-0.1, -0.05) is 49.2 Å². The van der Waals surface area contributed by atoms with Gasteiger partial charge in [0.15, 0.2) is 5.13 Å². The van der Waals surface area contributed by atoms with Crippen LogP contribution in [0.1, 0.15) is 43.6 Å². The maximum Gasteiger partial charge on any atom is 0.243 e. The molecule has 13 heteroatoms. The van der Waals surface area contributed by atoms with Crippen molar-refractivity contribution in [1.29, 1.82) is 0 Å². The quantitative estimate of drug-likeness (QED) is 0.389. The minimum absolute atomic E-state index is 0. The molecule has 3 aromatic rings. The molecule has 1 N–H and O–H groups in total. The number of nitrogens with zero attached hydrogens (tertiary/aromatic N) is 4. The highest BCUT2D eigenvalue weighted by Crippen LogP contribution is 2.36. The van der Waals surface area contributed by atoms with Gasteiger partial charge >= 0.3 is 0 Å². The summed E-state index contributed by atoms with van der Waals surface area (Å²) in [4.78, 5) is 25.6. The van der Waals surface area contributed by atoms with Crippen LogP contribution < -0.4 is 10.1 Å². The number of nitrogens with one attached hydrogen (secondary N) is 1. The van der Waals surface area contributed by atoms with E-state index in [1.807, 2.05) is 13.1 Å². The summed E-state index contributed by atoms with van der Waals surface area (Å²) in [7, 11) is -0.000435. The third kappa shape index (κ3) is 7.20. The molecule has 1 aliphatic carbocycles. The number of aromatic nitrogens is 2. The average molecular weight is 617 g/mol. The van der Waals surface area contributed by atoms with E-state index in [-0.39, 0.29) is 35.6 Å². The summed E-state index contributed by atoms with van der Waals surface area (Å²) in [5.74, 6) is 0.455. The number of halogens is 2. The van der Waals surface area contributed by atoms with Crippen LogP contribution in [-0.2, 0) is 14.8 Å². The molecule has 2 fully saturated rings. The Morgan fingerprint density at radius 2 is 1.72 bits per heavy atom. The Hall–Kier alpha value is -2.02. The molecular formula is C26H35Cl2N5O4S2. The molecule has 0 radical (unpaired) electrons. The van der Waals surface area contributed by atoms with E-state index in [4.69, 9.17) is 4.74 Å². The van der Waals surface area contributed by atoms with E-state index in [0.717, 1.165) is 37.9 Å². The van der Waals surface area contributed by atoms with Gasteiger partial charge in [-0.2, -0.15) is 4.31 Å². The van der Waals surface area contributed by atoms with Gasteiger partial charge in [0, 0.05) is 32.2 Å². The summed E-state index contributed by atoms with van der Waals surface area (Å²) in [6.45, 7) is 2.40. The Labute approximate surface area is 246 Å². The van der Waals surface area contributed by atoms with Crippen LogP contribution in [0.2, 0.25) is 0 Å². The molecule has 1 atom stereocenters. The predicted molar refractivity (Wildman–Crippen MR) is 159 cm³/mol. The van der Waals surface area contributed by atoms with Crippen molar-refractivity contribution in [2.24, 2.45) is 5.92 Å². The number of rotatable bonds is 8. The number of pyridine rings is 1. The second kappa shape index (κ2) is 13.6. The molecule has 3 heterocycles. The van der Waals surface area contributed by atoms with E-state index < -0.39 is 15.9 Å². The Morgan fingerprint density at radius 3 is 2.36 bits per heavy atom. The van der Waals surface area contributed by atoms with Gasteiger partial charge < -0.3 is 15.0 Å². The van der Waals surface area contributed by atoms with Crippen molar-refractivity contribution in [3.8, 4) is 5.88 Å². The summed E-state index contributed by atoms with van der Waals surface area (Å²) in [6.07, 6.45) is 5.33. The van der Waals surface area contributed by atoms with Gasteiger partial charge in [0.05, 0.1) is 17.9 Å². The molecule has 1 aromatic carbocycles. The molecular weight excluding hydrogens is 581 g/mol. The molecule has 0 bridgehead atoms. The molecule has 2 aliphatic rings. The Kier molecular flexibility index (Phi) is 11.0. The van der Waals surface area contributed by atoms with Gasteiger partial charge in [-0.25, -0.2) is 18.4 Å². The number of hydrogen-bond donors (Lipinski definition) is 1. The van der Waals surface area contributed by atoms with Gasteiger partial charge in [-0.3, -0.25) is 4.79 Å². The smallest absolute Gasteiger partial charge is 0.243 e. The standard InChI is InChI=1S/C26H33N5O4S2.2ClH/c1-30-13-15-31(16-14-30)37(33,34)20-9-7-19(8-10-20)21(17-18-5-3-4-6-18)24(32)29-26-27-22-11-12-23(35-2)28-25(22)36-26;;/h7-12,18,21H,3-6,13-17H2,1-2H3,(H,27,29,32);2*1H. The third-order valence-corrected chi connectivity index (χ3v) is 10.2. The maximum absolute atomic E-state index is 13.5. The number of hydrogen-bond acceptors (Lipinski definition) is 8. The number of carbonyl (C=O) groups is 1. The van der Waals surface area contributed by atoms with Gasteiger partial charge in [-0.05, 0) is 43.1 Å². The first kappa shape index (κ1) is 31.5. The molecule has 1 saturated heterocycles. The molecule has 1 unspecified atom stereocenters. The summed E-state index contributed by atoms with van der Waals surface area (Å²) < 4.78 is 33.1. The minimum Gasteiger partial charge on any atom is -0.481 e. The number of carbonyl (C=O) groups excluding carboxylic acids is 1. The molecule has 214 valence electrons. The number of benzene rings is 1. The van der Waals surface area contributed by atoms with E-state index in [0.29, 0.717) is 40.4 Å². The second-order valence-corrected chi connectivity index (χ2v) is 12.8. The lowest BCUT2D eigenvalue weighted by Gasteiger charge is -2.31. The second-order valence-electron chi connectivity index (χ2n) is 9.90. The van der Waals surface area contributed by atoms with Crippen LogP contribution in [0.4, 0.5) is 5.13 Å². The molecule has 0 spiro atoms. The first-order valence-corrected chi connectivity index (χ1v) is 15.0. The maximum atomic E-state index is 13.5. The largest absolute Gasteiger partial charge is 0.481 e. The van der Waals surface area contributed by atoms with Crippen molar-refractivity contribution in [3.63, 3.8) is 0 Å². The summed E-state index contributed by atoms with van der Waals surface area (Å²) in [6, 6.07) is 10.5. The zero-order chi connectivity index (χ0) is 26.0. The van der Waals surface area contributed by atoms with Crippen molar-refractivity contribution >= 4 is 67.6 Å². The van der Waals surface area contributed by atoms with Crippen molar-refractivity contribution in [3.05, 3.63) is 42.0 Å².